The minimum atomic E-state index is 0.153. The van der Waals surface area contributed by atoms with Gasteiger partial charge in [0.1, 0.15) is 0 Å². The van der Waals surface area contributed by atoms with Gasteiger partial charge in [-0.3, -0.25) is 4.79 Å². The Labute approximate surface area is 89.5 Å². The Morgan fingerprint density at radius 1 is 1.67 bits per heavy atom. The van der Waals surface area contributed by atoms with Crippen molar-refractivity contribution in [3.8, 4) is 0 Å². The molecule has 4 nitrogen and oxygen atoms in total. The number of aromatic nitrogens is 1. The van der Waals surface area contributed by atoms with Gasteiger partial charge in [-0.25, -0.2) is 0 Å². The molecule has 4 heteroatoms. The molecule has 82 valence electrons. The highest BCUT2D eigenvalue weighted by Gasteiger charge is 2.33. The van der Waals surface area contributed by atoms with Crippen LogP contribution in [0.15, 0.2) is 18.3 Å². The van der Waals surface area contributed by atoms with E-state index in [0.717, 1.165) is 18.5 Å². The van der Waals surface area contributed by atoms with E-state index in [2.05, 4.69) is 4.98 Å². The van der Waals surface area contributed by atoms with Crippen molar-refractivity contribution >= 4 is 5.91 Å². The van der Waals surface area contributed by atoms with E-state index < -0.39 is 0 Å². The number of amides is 1. The second kappa shape index (κ2) is 4.06. The Kier molecular flexibility index (Phi) is 2.77. The summed E-state index contributed by atoms with van der Waals surface area (Å²) in [5.74, 6) is 0.367. The maximum absolute atomic E-state index is 11.9. The van der Waals surface area contributed by atoms with Gasteiger partial charge in [-0.05, 0) is 25.0 Å². The van der Waals surface area contributed by atoms with Crippen LogP contribution in [0.3, 0.4) is 0 Å². The molecule has 0 aliphatic heterocycles. The SMILES string of the molecule is CN(Cc1ccc[nH]1)C(=O)C1CC(N)C1. The molecule has 0 spiro atoms. The number of aromatic amines is 1. The van der Waals surface area contributed by atoms with Crippen LogP contribution < -0.4 is 5.73 Å². The third kappa shape index (κ3) is 2.21. The van der Waals surface area contributed by atoms with E-state index in [-0.39, 0.29) is 17.9 Å². The third-order valence-electron chi connectivity index (χ3n) is 2.97. The molecule has 0 unspecified atom stereocenters. The first-order chi connectivity index (χ1) is 7.16. The smallest absolute Gasteiger partial charge is 0.225 e. The molecule has 1 amide bonds. The molecule has 0 bridgehead atoms. The average molecular weight is 207 g/mol. The van der Waals surface area contributed by atoms with E-state index in [1.54, 1.807) is 4.90 Å². The fourth-order valence-corrected chi connectivity index (χ4v) is 1.97. The number of hydrogen-bond acceptors (Lipinski definition) is 2. The van der Waals surface area contributed by atoms with Crippen molar-refractivity contribution in [2.75, 3.05) is 7.05 Å². The summed E-state index contributed by atoms with van der Waals surface area (Å²) in [5, 5.41) is 0. The lowest BCUT2D eigenvalue weighted by molar-refractivity contribution is -0.137. The molecule has 3 N–H and O–H groups in total. The number of nitrogens with one attached hydrogen (secondary N) is 1. The van der Waals surface area contributed by atoms with Crippen LogP contribution in [-0.2, 0) is 11.3 Å². The first kappa shape index (κ1) is 10.2. The summed E-state index contributed by atoms with van der Waals surface area (Å²) in [5.41, 5.74) is 6.73. The molecule has 1 aromatic heterocycles. The number of nitrogens with zero attached hydrogens (tertiary/aromatic N) is 1. The molecule has 15 heavy (non-hydrogen) atoms. The Morgan fingerprint density at radius 2 is 2.40 bits per heavy atom. The van der Waals surface area contributed by atoms with Gasteiger partial charge in [0.15, 0.2) is 0 Å². The molecule has 1 aromatic rings. The molecule has 0 atom stereocenters. The monoisotopic (exact) mass is 207 g/mol. The highest BCUT2D eigenvalue weighted by molar-refractivity contribution is 5.79. The summed E-state index contributed by atoms with van der Waals surface area (Å²) in [6.07, 6.45) is 3.55. The zero-order valence-corrected chi connectivity index (χ0v) is 8.94. The molecular formula is C11H17N3O. The minimum Gasteiger partial charge on any atom is -0.364 e. The average Bonchev–Trinajstić information content (AvgIpc) is 2.64. The van der Waals surface area contributed by atoms with E-state index in [0.29, 0.717) is 6.54 Å². The van der Waals surface area contributed by atoms with Gasteiger partial charge in [0.25, 0.3) is 0 Å². The van der Waals surface area contributed by atoms with Crippen molar-refractivity contribution in [1.29, 1.82) is 0 Å². The van der Waals surface area contributed by atoms with Gasteiger partial charge < -0.3 is 15.6 Å². The van der Waals surface area contributed by atoms with Crippen LogP contribution in [0.2, 0.25) is 0 Å². The van der Waals surface area contributed by atoms with E-state index >= 15 is 0 Å². The second-order valence-corrected chi connectivity index (χ2v) is 4.32. The molecule has 0 saturated heterocycles. The van der Waals surface area contributed by atoms with Gasteiger partial charge in [-0.1, -0.05) is 0 Å². The standard InChI is InChI=1S/C11H17N3O/c1-14(7-10-3-2-4-13-10)11(15)8-5-9(12)6-8/h2-4,8-9,13H,5-7,12H2,1H3. The van der Waals surface area contributed by atoms with Gasteiger partial charge in [-0.2, -0.15) is 0 Å². The van der Waals surface area contributed by atoms with Crippen molar-refractivity contribution in [2.45, 2.75) is 25.4 Å². The number of carbonyl (C=O) groups excluding carboxylic acids is 1. The summed E-state index contributed by atoms with van der Waals surface area (Å²) in [7, 11) is 1.84. The summed E-state index contributed by atoms with van der Waals surface area (Å²) in [6.45, 7) is 0.650. The van der Waals surface area contributed by atoms with Crippen LogP contribution in [0.1, 0.15) is 18.5 Å². The number of rotatable bonds is 3. The molecule has 1 aliphatic carbocycles. The van der Waals surface area contributed by atoms with Crippen molar-refractivity contribution < 1.29 is 4.79 Å². The van der Waals surface area contributed by atoms with Crippen LogP contribution in [-0.4, -0.2) is 28.9 Å². The predicted molar refractivity (Wildman–Crippen MR) is 58.0 cm³/mol. The van der Waals surface area contributed by atoms with Gasteiger partial charge in [0.05, 0.1) is 6.54 Å². The fourth-order valence-electron chi connectivity index (χ4n) is 1.97. The normalized spacial score (nSPS) is 24.7. The fraction of sp³-hybridized carbons (Fsp3) is 0.545. The molecule has 1 aliphatic rings. The lowest BCUT2D eigenvalue weighted by Crippen LogP contribution is -2.45. The number of H-pyrrole nitrogens is 1. The van der Waals surface area contributed by atoms with E-state index in [9.17, 15) is 4.79 Å². The van der Waals surface area contributed by atoms with Crippen LogP contribution in [0, 0.1) is 5.92 Å². The van der Waals surface area contributed by atoms with E-state index in [4.69, 9.17) is 5.73 Å². The van der Waals surface area contributed by atoms with Gasteiger partial charge >= 0.3 is 0 Å². The van der Waals surface area contributed by atoms with Crippen LogP contribution in [0.25, 0.3) is 0 Å². The lowest BCUT2D eigenvalue weighted by atomic mass is 9.80. The molecular weight excluding hydrogens is 190 g/mol. The Balaban J connectivity index is 1.85. The predicted octanol–water partition coefficient (Wildman–Crippen LogP) is 0.710. The molecule has 2 rings (SSSR count). The van der Waals surface area contributed by atoms with Crippen molar-refractivity contribution in [3.63, 3.8) is 0 Å². The first-order valence-electron chi connectivity index (χ1n) is 5.29. The Hall–Kier alpha value is -1.29. The van der Waals surface area contributed by atoms with Gasteiger partial charge in [0, 0.05) is 30.9 Å². The first-order valence-corrected chi connectivity index (χ1v) is 5.29. The van der Waals surface area contributed by atoms with Gasteiger partial charge in [0.2, 0.25) is 5.91 Å². The molecule has 0 aromatic carbocycles. The van der Waals surface area contributed by atoms with Crippen molar-refractivity contribution in [1.82, 2.24) is 9.88 Å². The van der Waals surface area contributed by atoms with Crippen LogP contribution in [0.4, 0.5) is 0 Å². The number of nitrogens with two attached hydrogens (primary N) is 1. The minimum absolute atomic E-state index is 0.153. The quantitative estimate of drug-likeness (QED) is 0.766. The third-order valence-corrected chi connectivity index (χ3v) is 2.97. The summed E-state index contributed by atoms with van der Waals surface area (Å²) in [4.78, 5) is 16.7. The highest BCUT2D eigenvalue weighted by Crippen LogP contribution is 2.27. The maximum Gasteiger partial charge on any atom is 0.225 e. The Morgan fingerprint density at radius 3 is 2.93 bits per heavy atom. The van der Waals surface area contributed by atoms with Crippen molar-refractivity contribution in [3.05, 3.63) is 24.0 Å². The summed E-state index contributed by atoms with van der Waals surface area (Å²) >= 11 is 0. The molecule has 0 radical (unpaired) electrons. The van der Waals surface area contributed by atoms with E-state index in [1.165, 1.54) is 0 Å². The molecule has 1 fully saturated rings. The van der Waals surface area contributed by atoms with Crippen LogP contribution in [0.5, 0.6) is 0 Å². The largest absolute Gasteiger partial charge is 0.364 e. The van der Waals surface area contributed by atoms with E-state index in [1.807, 2.05) is 25.4 Å². The zero-order chi connectivity index (χ0) is 10.8. The Bertz CT molecular complexity index is 328. The number of carbonyl (C=O) groups is 1. The highest BCUT2D eigenvalue weighted by atomic mass is 16.2. The second-order valence-electron chi connectivity index (χ2n) is 4.32. The van der Waals surface area contributed by atoms with Crippen molar-refractivity contribution in [2.24, 2.45) is 11.7 Å². The maximum atomic E-state index is 11.9. The summed E-state index contributed by atoms with van der Waals surface area (Å²) in [6, 6.07) is 4.15. The molecule has 1 heterocycles. The van der Waals surface area contributed by atoms with Gasteiger partial charge in [-0.15, -0.1) is 0 Å². The number of hydrogen-bond donors (Lipinski definition) is 2. The topological polar surface area (TPSA) is 62.1 Å². The van der Waals surface area contributed by atoms with Crippen LogP contribution >= 0.6 is 0 Å². The lowest BCUT2D eigenvalue weighted by Gasteiger charge is -2.34. The zero-order valence-electron chi connectivity index (χ0n) is 8.94. The molecule has 1 saturated carbocycles. The summed E-state index contributed by atoms with van der Waals surface area (Å²) < 4.78 is 0.